The van der Waals surface area contributed by atoms with E-state index in [4.69, 9.17) is 4.84 Å². The molecule has 0 spiro atoms. The third kappa shape index (κ3) is 4.10. The highest BCUT2D eigenvalue weighted by atomic mass is 16.6. The van der Waals surface area contributed by atoms with E-state index < -0.39 is 5.97 Å². The molecule has 0 radical (unpaired) electrons. The van der Waals surface area contributed by atoms with E-state index in [1.165, 1.54) is 20.3 Å². The number of ether oxygens (including phenoxy) is 1. The zero-order valence-corrected chi connectivity index (χ0v) is 10.1. The molecule has 17 heavy (non-hydrogen) atoms. The summed E-state index contributed by atoms with van der Waals surface area (Å²) >= 11 is 0. The number of methoxy groups -OCH3 is 1. The molecule has 0 saturated carbocycles. The molecule has 1 heterocycles. The summed E-state index contributed by atoms with van der Waals surface area (Å²) < 4.78 is 6.38. The van der Waals surface area contributed by atoms with Crippen LogP contribution in [-0.2, 0) is 21.4 Å². The van der Waals surface area contributed by atoms with Crippen molar-refractivity contribution in [3.8, 4) is 0 Å². The number of rotatable bonds is 4. The lowest BCUT2D eigenvalue weighted by atomic mass is 10.2. The van der Waals surface area contributed by atoms with Gasteiger partial charge in [-0.05, 0) is 6.07 Å². The maximum atomic E-state index is 11.0. The van der Waals surface area contributed by atoms with Gasteiger partial charge in [-0.15, -0.1) is 0 Å². The van der Waals surface area contributed by atoms with Gasteiger partial charge in [0.15, 0.2) is 12.4 Å². The van der Waals surface area contributed by atoms with Crippen LogP contribution in [0.1, 0.15) is 5.56 Å². The van der Waals surface area contributed by atoms with Gasteiger partial charge in [0.25, 0.3) is 0 Å². The first-order chi connectivity index (χ1) is 8.17. The Bertz CT molecular complexity index is 463. The molecular weight excluding hydrogens is 220 g/mol. The fourth-order valence-corrected chi connectivity index (χ4v) is 1.20. The Kier molecular flexibility index (Phi) is 4.94. The van der Waals surface area contributed by atoms with Crippen LogP contribution in [-0.4, -0.2) is 20.2 Å². The predicted molar refractivity (Wildman–Crippen MR) is 61.3 cm³/mol. The van der Waals surface area contributed by atoms with Crippen molar-refractivity contribution in [3.05, 3.63) is 41.9 Å². The van der Waals surface area contributed by atoms with Gasteiger partial charge in [0, 0.05) is 6.07 Å². The molecule has 1 N–H and O–H groups in total. The van der Waals surface area contributed by atoms with Crippen LogP contribution in [0.15, 0.2) is 36.3 Å². The van der Waals surface area contributed by atoms with E-state index in [0.717, 1.165) is 5.56 Å². The number of aryl methyl sites for hydroxylation is 1. The standard InChI is InChI=1S/C12H15N2O3/c1-14-8-4-5-10(9-14)11(13-17-3)6-7-12(15)16-2/h4-5,7-9,13H,1-3H3/q+1. The fraction of sp³-hybridized carbons (Fsp3) is 0.250. The van der Waals surface area contributed by atoms with Crippen molar-refractivity contribution < 1.29 is 18.9 Å². The van der Waals surface area contributed by atoms with Gasteiger partial charge >= 0.3 is 5.97 Å². The average Bonchev–Trinajstić information content (AvgIpc) is 2.34. The monoisotopic (exact) mass is 235 g/mol. The van der Waals surface area contributed by atoms with Gasteiger partial charge in [-0.1, -0.05) is 5.73 Å². The molecule has 1 rings (SSSR count). The molecule has 0 unspecified atom stereocenters. The van der Waals surface area contributed by atoms with Crippen molar-refractivity contribution in [2.24, 2.45) is 7.05 Å². The van der Waals surface area contributed by atoms with E-state index in [9.17, 15) is 4.79 Å². The number of aromatic nitrogens is 1. The Labute approximate surface area is 99.9 Å². The van der Waals surface area contributed by atoms with E-state index >= 15 is 0 Å². The minimum absolute atomic E-state index is 0.472. The van der Waals surface area contributed by atoms with Crippen molar-refractivity contribution in [2.45, 2.75) is 0 Å². The Morgan fingerprint density at radius 3 is 2.88 bits per heavy atom. The summed E-state index contributed by atoms with van der Waals surface area (Å²) in [6.07, 6.45) is 4.98. The third-order valence-electron chi connectivity index (χ3n) is 1.97. The van der Waals surface area contributed by atoms with E-state index in [0.29, 0.717) is 5.70 Å². The summed E-state index contributed by atoms with van der Waals surface area (Å²) in [6, 6.07) is 3.76. The minimum atomic E-state index is -0.472. The lowest BCUT2D eigenvalue weighted by molar-refractivity contribution is -0.671. The van der Waals surface area contributed by atoms with Gasteiger partial charge in [-0.25, -0.2) is 9.36 Å². The number of esters is 1. The topological polar surface area (TPSA) is 51.4 Å². The third-order valence-corrected chi connectivity index (χ3v) is 1.97. The van der Waals surface area contributed by atoms with Crippen LogP contribution < -0.4 is 10.0 Å². The van der Waals surface area contributed by atoms with Gasteiger partial charge in [0.1, 0.15) is 12.7 Å². The molecule has 5 heteroatoms. The van der Waals surface area contributed by atoms with Gasteiger partial charge in [0.2, 0.25) is 0 Å². The number of hydrogen-bond donors (Lipinski definition) is 1. The first-order valence-corrected chi connectivity index (χ1v) is 4.96. The molecule has 1 aromatic rings. The van der Waals surface area contributed by atoms with Crippen molar-refractivity contribution in [1.82, 2.24) is 5.48 Å². The maximum Gasteiger partial charge on any atom is 0.338 e. The van der Waals surface area contributed by atoms with Crippen molar-refractivity contribution in [3.63, 3.8) is 0 Å². The second-order valence-electron chi connectivity index (χ2n) is 3.25. The summed E-state index contributed by atoms with van der Waals surface area (Å²) in [5, 5.41) is 0. The SMILES string of the molecule is CONC(=C=CC(=O)OC)c1ccc[n+](C)c1. The Morgan fingerprint density at radius 2 is 2.29 bits per heavy atom. The van der Waals surface area contributed by atoms with Gasteiger partial charge in [-0.2, -0.15) is 0 Å². The Balaban J connectivity index is 3.09. The molecular formula is C12H15N2O3+. The second kappa shape index (κ2) is 6.48. The van der Waals surface area contributed by atoms with Gasteiger partial charge in [0.05, 0.1) is 25.9 Å². The second-order valence-corrected chi connectivity index (χ2v) is 3.25. The van der Waals surface area contributed by atoms with Crippen molar-refractivity contribution in [2.75, 3.05) is 14.2 Å². The van der Waals surface area contributed by atoms with Gasteiger partial charge in [-0.3, -0.25) is 10.3 Å². The number of hydrogen-bond acceptors (Lipinski definition) is 4. The molecule has 0 amide bonds. The molecule has 0 aliphatic carbocycles. The van der Waals surface area contributed by atoms with Crippen LogP contribution in [0.25, 0.3) is 5.70 Å². The summed E-state index contributed by atoms with van der Waals surface area (Å²) in [4.78, 5) is 15.8. The molecule has 0 aliphatic rings. The van der Waals surface area contributed by atoms with Crippen molar-refractivity contribution >= 4 is 11.7 Å². The molecule has 5 nitrogen and oxygen atoms in total. The van der Waals surface area contributed by atoms with E-state index in [1.807, 2.05) is 36.1 Å². The van der Waals surface area contributed by atoms with Gasteiger partial charge < -0.3 is 4.74 Å². The molecule has 0 aromatic carbocycles. The van der Waals surface area contributed by atoms with Crippen LogP contribution >= 0.6 is 0 Å². The van der Waals surface area contributed by atoms with Crippen molar-refractivity contribution in [1.29, 1.82) is 0 Å². The highest BCUT2D eigenvalue weighted by Gasteiger charge is 2.04. The predicted octanol–water partition coefficient (Wildman–Crippen LogP) is 0.331. The number of nitrogens with one attached hydrogen (secondary N) is 1. The normalized spacial score (nSPS) is 9.12. The fourth-order valence-electron chi connectivity index (χ4n) is 1.20. The number of carbonyl (C=O) groups is 1. The lowest BCUT2D eigenvalue weighted by Gasteiger charge is -2.04. The van der Waals surface area contributed by atoms with E-state index in [-0.39, 0.29) is 0 Å². The van der Waals surface area contributed by atoms with Crippen LogP contribution in [0.3, 0.4) is 0 Å². The van der Waals surface area contributed by atoms with E-state index in [1.54, 1.807) is 0 Å². The number of hydroxylamine groups is 1. The summed E-state index contributed by atoms with van der Waals surface area (Å²) in [5.41, 5.74) is 6.84. The number of pyridine rings is 1. The molecule has 0 saturated heterocycles. The van der Waals surface area contributed by atoms with Crippen LogP contribution in [0.2, 0.25) is 0 Å². The smallest absolute Gasteiger partial charge is 0.338 e. The summed E-state index contributed by atoms with van der Waals surface area (Å²) in [5.74, 6) is -0.472. The largest absolute Gasteiger partial charge is 0.465 e. The quantitative estimate of drug-likeness (QED) is 0.269. The Morgan fingerprint density at radius 1 is 1.53 bits per heavy atom. The zero-order chi connectivity index (χ0) is 12.7. The summed E-state index contributed by atoms with van der Waals surface area (Å²) in [6.45, 7) is 0. The van der Waals surface area contributed by atoms with Crippen LogP contribution in [0.4, 0.5) is 0 Å². The highest BCUT2D eigenvalue weighted by molar-refractivity contribution is 5.83. The maximum absolute atomic E-state index is 11.0. The first kappa shape index (κ1) is 13.0. The minimum Gasteiger partial charge on any atom is -0.465 e. The lowest BCUT2D eigenvalue weighted by Crippen LogP contribution is -2.27. The summed E-state index contributed by atoms with van der Waals surface area (Å²) in [7, 11) is 4.70. The first-order valence-electron chi connectivity index (χ1n) is 4.96. The Hall–Kier alpha value is -2.10. The zero-order valence-electron chi connectivity index (χ0n) is 10.1. The number of carbonyl (C=O) groups excluding carboxylic acids is 1. The molecule has 0 fully saturated rings. The molecule has 0 bridgehead atoms. The molecule has 0 aliphatic heterocycles. The molecule has 90 valence electrons. The number of nitrogens with zero attached hydrogens (tertiary/aromatic N) is 1. The molecule has 0 atom stereocenters. The molecule has 1 aromatic heterocycles. The highest BCUT2D eigenvalue weighted by Crippen LogP contribution is 2.06. The van der Waals surface area contributed by atoms with Crippen LogP contribution in [0, 0.1) is 0 Å². The van der Waals surface area contributed by atoms with Crippen LogP contribution in [0.5, 0.6) is 0 Å². The van der Waals surface area contributed by atoms with E-state index in [2.05, 4.69) is 15.9 Å². The average molecular weight is 235 g/mol.